The summed E-state index contributed by atoms with van der Waals surface area (Å²) in [5.41, 5.74) is 3.44. The Morgan fingerprint density at radius 2 is 2.35 bits per heavy atom. The van der Waals surface area contributed by atoms with E-state index < -0.39 is 6.10 Å². The molecule has 0 aromatic carbocycles. The summed E-state index contributed by atoms with van der Waals surface area (Å²) in [6.07, 6.45) is 3.45. The van der Waals surface area contributed by atoms with Crippen LogP contribution in [0.5, 0.6) is 0 Å². The highest BCUT2D eigenvalue weighted by atomic mass is 32.1. The highest BCUT2D eigenvalue weighted by Gasteiger charge is 2.22. The van der Waals surface area contributed by atoms with E-state index in [1.807, 2.05) is 16.8 Å². The number of nitrogens with one attached hydrogen (secondary N) is 2. The van der Waals surface area contributed by atoms with E-state index in [0.29, 0.717) is 5.69 Å². The predicted octanol–water partition coefficient (Wildman–Crippen LogP) is 1.81. The first kappa shape index (κ1) is 13.3. The number of aliphatic hydroxyl groups excluding tert-OH is 1. The molecule has 0 saturated carbocycles. The minimum Gasteiger partial charge on any atom is -0.387 e. The molecule has 1 aliphatic rings. The van der Waals surface area contributed by atoms with Gasteiger partial charge < -0.3 is 10.4 Å². The van der Waals surface area contributed by atoms with Crippen LogP contribution in [-0.2, 0) is 12.8 Å². The third-order valence-corrected chi connectivity index (χ3v) is 4.36. The maximum absolute atomic E-state index is 12.1. The molecule has 106 valence electrons. The molecule has 0 bridgehead atoms. The zero-order valence-electron chi connectivity index (χ0n) is 11.1. The van der Waals surface area contributed by atoms with Crippen LogP contribution in [0.3, 0.4) is 0 Å². The summed E-state index contributed by atoms with van der Waals surface area (Å²) in [5.74, 6) is -0.210. The van der Waals surface area contributed by atoms with Crippen LogP contribution in [-0.4, -0.2) is 27.8 Å². The van der Waals surface area contributed by atoms with Crippen molar-refractivity contribution in [2.75, 3.05) is 6.54 Å². The Hall–Kier alpha value is -1.66. The first-order valence-corrected chi connectivity index (χ1v) is 7.74. The molecule has 20 heavy (non-hydrogen) atoms. The summed E-state index contributed by atoms with van der Waals surface area (Å²) in [4.78, 5) is 12.1. The van der Waals surface area contributed by atoms with Crippen LogP contribution in [0, 0.1) is 0 Å². The number of amides is 1. The van der Waals surface area contributed by atoms with Crippen LogP contribution in [0.4, 0.5) is 0 Å². The molecule has 1 aliphatic carbocycles. The van der Waals surface area contributed by atoms with Gasteiger partial charge in [0.2, 0.25) is 0 Å². The molecular formula is C14H17N3O2S. The van der Waals surface area contributed by atoms with Crippen molar-refractivity contribution in [1.82, 2.24) is 15.5 Å². The van der Waals surface area contributed by atoms with Gasteiger partial charge in [-0.15, -0.1) is 0 Å². The van der Waals surface area contributed by atoms with Gasteiger partial charge in [-0.1, -0.05) is 0 Å². The van der Waals surface area contributed by atoms with E-state index in [9.17, 15) is 9.90 Å². The number of aliphatic hydroxyl groups is 1. The van der Waals surface area contributed by atoms with Gasteiger partial charge in [-0.3, -0.25) is 9.89 Å². The highest BCUT2D eigenvalue weighted by molar-refractivity contribution is 7.07. The summed E-state index contributed by atoms with van der Waals surface area (Å²) in [7, 11) is 0. The van der Waals surface area contributed by atoms with Crippen LogP contribution < -0.4 is 5.32 Å². The summed E-state index contributed by atoms with van der Waals surface area (Å²) >= 11 is 1.53. The molecule has 3 N–H and O–H groups in total. The number of carbonyl (C=O) groups is 1. The number of hydrogen-bond donors (Lipinski definition) is 3. The largest absolute Gasteiger partial charge is 0.387 e. The summed E-state index contributed by atoms with van der Waals surface area (Å²) in [6.45, 7) is 0.206. The average molecular weight is 291 g/mol. The Balaban J connectivity index is 1.63. The molecule has 0 aliphatic heterocycles. The lowest BCUT2D eigenvalue weighted by atomic mass is 9.96. The van der Waals surface area contributed by atoms with Crippen LogP contribution >= 0.6 is 11.3 Å². The third kappa shape index (κ3) is 2.62. The van der Waals surface area contributed by atoms with Crippen molar-refractivity contribution in [3.63, 3.8) is 0 Å². The molecule has 5 nitrogen and oxygen atoms in total. The Morgan fingerprint density at radius 3 is 3.15 bits per heavy atom. The van der Waals surface area contributed by atoms with Gasteiger partial charge >= 0.3 is 0 Å². The van der Waals surface area contributed by atoms with Crippen molar-refractivity contribution in [3.05, 3.63) is 39.3 Å². The highest BCUT2D eigenvalue weighted by Crippen LogP contribution is 2.22. The normalized spacial score (nSPS) is 15.7. The average Bonchev–Trinajstić information content (AvgIpc) is 3.13. The van der Waals surface area contributed by atoms with Crippen LogP contribution in [0.1, 0.15) is 46.3 Å². The quantitative estimate of drug-likeness (QED) is 0.804. The number of carbonyl (C=O) groups excluding carboxylic acids is 1. The monoisotopic (exact) mass is 291 g/mol. The number of aromatic nitrogens is 2. The Morgan fingerprint density at radius 1 is 1.50 bits per heavy atom. The van der Waals surface area contributed by atoms with Gasteiger partial charge in [0.1, 0.15) is 0 Å². The van der Waals surface area contributed by atoms with Gasteiger partial charge in [0, 0.05) is 17.8 Å². The van der Waals surface area contributed by atoms with Gasteiger partial charge in [-0.2, -0.15) is 16.4 Å². The molecule has 0 spiro atoms. The van der Waals surface area contributed by atoms with E-state index in [-0.39, 0.29) is 12.5 Å². The minimum atomic E-state index is -0.667. The van der Waals surface area contributed by atoms with E-state index in [4.69, 9.17) is 0 Å². The molecule has 2 aromatic rings. The molecule has 1 atom stereocenters. The van der Waals surface area contributed by atoms with E-state index in [2.05, 4.69) is 15.5 Å². The maximum atomic E-state index is 12.1. The lowest BCUT2D eigenvalue weighted by Crippen LogP contribution is -2.29. The molecule has 0 saturated heterocycles. The number of H-pyrrole nitrogens is 1. The fraction of sp³-hybridized carbons (Fsp3) is 0.429. The minimum absolute atomic E-state index is 0.206. The fourth-order valence-corrected chi connectivity index (χ4v) is 3.23. The summed E-state index contributed by atoms with van der Waals surface area (Å²) in [5, 5.41) is 23.6. The van der Waals surface area contributed by atoms with Crippen LogP contribution in [0.15, 0.2) is 16.8 Å². The molecule has 1 amide bonds. The zero-order valence-corrected chi connectivity index (χ0v) is 11.9. The summed E-state index contributed by atoms with van der Waals surface area (Å²) in [6, 6.07) is 1.86. The second kappa shape index (κ2) is 5.76. The fourth-order valence-electron chi connectivity index (χ4n) is 2.52. The number of aryl methyl sites for hydroxylation is 1. The lowest BCUT2D eigenvalue weighted by Gasteiger charge is -2.12. The first-order chi connectivity index (χ1) is 9.75. The van der Waals surface area contributed by atoms with Gasteiger partial charge in [0.15, 0.2) is 5.69 Å². The molecule has 3 rings (SSSR count). The van der Waals surface area contributed by atoms with Crippen molar-refractivity contribution < 1.29 is 9.90 Å². The van der Waals surface area contributed by atoms with Crippen molar-refractivity contribution in [1.29, 1.82) is 0 Å². The van der Waals surface area contributed by atoms with E-state index in [1.165, 1.54) is 11.3 Å². The maximum Gasteiger partial charge on any atom is 0.272 e. The van der Waals surface area contributed by atoms with Crippen molar-refractivity contribution >= 4 is 17.2 Å². The van der Waals surface area contributed by atoms with Gasteiger partial charge in [-0.05, 0) is 48.1 Å². The lowest BCUT2D eigenvalue weighted by molar-refractivity contribution is 0.0910. The molecule has 2 aromatic heterocycles. The molecule has 0 radical (unpaired) electrons. The molecule has 2 heterocycles. The number of hydrogen-bond acceptors (Lipinski definition) is 4. The summed E-state index contributed by atoms with van der Waals surface area (Å²) < 4.78 is 0. The van der Waals surface area contributed by atoms with Crippen LogP contribution in [0.25, 0.3) is 0 Å². The second-order valence-corrected chi connectivity index (χ2v) is 5.80. The van der Waals surface area contributed by atoms with Crippen molar-refractivity contribution in [3.8, 4) is 0 Å². The Bertz CT molecular complexity index is 592. The molecule has 0 fully saturated rings. The molecular weight excluding hydrogens is 274 g/mol. The Labute approximate surface area is 121 Å². The van der Waals surface area contributed by atoms with Gasteiger partial charge in [0.05, 0.1) is 6.10 Å². The van der Waals surface area contributed by atoms with E-state index in [1.54, 1.807) is 0 Å². The SMILES string of the molecule is O=C(NCC(O)c1ccsc1)c1n[nH]c2c1CCCC2. The van der Waals surface area contributed by atoms with Crippen molar-refractivity contribution in [2.45, 2.75) is 31.8 Å². The third-order valence-electron chi connectivity index (χ3n) is 3.66. The number of fused-ring (bicyclic) bond motifs is 1. The van der Waals surface area contributed by atoms with Gasteiger partial charge in [-0.25, -0.2) is 0 Å². The number of nitrogens with zero attached hydrogens (tertiary/aromatic N) is 1. The molecule has 1 unspecified atom stereocenters. The zero-order chi connectivity index (χ0) is 13.9. The molecule has 6 heteroatoms. The van der Waals surface area contributed by atoms with Crippen LogP contribution in [0.2, 0.25) is 0 Å². The Kier molecular flexibility index (Phi) is 3.84. The number of aromatic amines is 1. The smallest absolute Gasteiger partial charge is 0.272 e. The van der Waals surface area contributed by atoms with Crippen molar-refractivity contribution in [2.24, 2.45) is 0 Å². The van der Waals surface area contributed by atoms with E-state index in [0.717, 1.165) is 42.5 Å². The first-order valence-electron chi connectivity index (χ1n) is 6.80. The standard InChI is InChI=1S/C14H17N3O2S/c18-12(9-5-6-20-8-9)7-15-14(19)13-10-3-1-2-4-11(10)16-17-13/h5-6,8,12,18H,1-4,7H2,(H,15,19)(H,16,17). The number of thiophene rings is 1. The second-order valence-electron chi connectivity index (χ2n) is 5.02. The number of rotatable bonds is 4. The van der Waals surface area contributed by atoms with Gasteiger partial charge in [0.25, 0.3) is 5.91 Å². The predicted molar refractivity (Wildman–Crippen MR) is 76.8 cm³/mol. The van der Waals surface area contributed by atoms with E-state index >= 15 is 0 Å². The topological polar surface area (TPSA) is 78.0 Å².